The normalized spacial score (nSPS) is 17.7. The van der Waals surface area contributed by atoms with Gasteiger partial charge in [0.1, 0.15) is 5.76 Å². The Hall–Kier alpha value is -1.36. The summed E-state index contributed by atoms with van der Waals surface area (Å²) in [4.78, 5) is 25.2. The number of hydrogen-bond donors (Lipinski definition) is 0. The van der Waals surface area contributed by atoms with Gasteiger partial charge in [-0.2, -0.15) is 0 Å². The summed E-state index contributed by atoms with van der Waals surface area (Å²) in [5.41, 5.74) is 1.28. The highest BCUT2D eigenvalue weighted by Gasteiger charge is 2.47. The molecule has 1 rings (SSSR count). The molecule has 0 aromatic carbocycles. The SMILES string of the molecule is CCC/C(OC(=O)C(C)(C)C)=C1/C=C(O[Si](C(C)C)(C(C)C)C(C)C)CCC1=O. The number of hydrogen-bond acceptors (Lipinski definition) is 4. The van der Waals surface area contributed by atoms with Crippen molar-refractivity contribution < 1.29 is 18.8 Å². The molecule has 5 heteroatoms. The molecule has 0 amide bonds. The fourth-order valence-electron chi connectivity index (χ4n) is 4.31. The zero-order valence-electron chi connectivity index (χ0n) is 20.3. The third kappa shape index (κ3) is 6.06. The highest BCUT2D eigenvalue weighted by Crippen LogP contribution is 2.44. The molecule has 0 aromatic heterocycles. The number of ketones is 1. The van der Waals surface area contributed by atoms with Crippen molar-refractivity contribution in [3.63, 3.8) is 0 Å². The monoisotopic (exact) mass is 422 g/mol. The number of carbonyl (C=O) groups excluding carboxylic acids is 2. The number of rotatable bonds is 8. The number of esters is 1. The molecule has 0 aromatic rings. The summed E-state index contributed by atoms with van der Waals surface area (Å²) in [7, 11) is -2.09. The molecule has 1 aliphatic rings. The first kappa shape index (κ1) is 25.7. The molecule has 0 bridgehead atoms. The predicted molar refractivity (Wildman–Crippen MR) is 122 cm³/mol. The van der Waals surface area contributed by atoms with Crippen LogP contribution in [0.2, 0.25) is 16.6 Å². The van der Waals surface area contributed by atoms with Crippen molar-refractivity contribution in [1.82, 2.24) is 0 Å². The van der Waals surface area contributed by atoms with E-state index in [-0.39, 0.29) is 11.8 Å². The topological polar surface area (TPSA) is 52.6 Å². The smallest absolute Gasteiger partial charge is 0.316 e. The van der Waals surface area contributed by atoms with Crippen LogP contribution in [-0.4, -0.2) is 20.1 Å². The standard InChI is InChI=1S/C24H42O4Si/c1-11-12-22(27-23(26)24(8,9)10)20-15-19(13-14-21(20)25)28-29(16(2)3,17(4)5)18(6)7/h15-18H,11-14H2,1-10H3/b22-20+. The van der Waals surface area contributed by atoms with Crippen LogP contribution in [0.25, 0.3) is 0 Å². The van der Waals surface area contributed by atoms with Gasteiger partial charge < -0.3 is 9.16 Å². The third-order valence-corrected chi connectivity index (χ3v) is 11.9. The van der Waals surface area contributed by atoms with Crippen molar-refractivity contribution in [1.29, 1.82) is 0 Å². The lowest BCUT2D eigenvalue weighted by atomic mass is 9.95. The summed E-state index contributed by atoms with van der Waals surface area (Å²) in [6, 6.07) is 0. The van der Waals surface area contributed by atoms with Crippen LogP contribution in [0.1, 0.15) is 94.9 Å². The van der Waals surface area contributed by atoms with Crippen molar-refractivity contribution in [2.45, 2.75) is 112 Å². The van der Waals surface area contributed by atoms with Gasteiger partial charge in [-0.1, -0.05) is 48.5 Å². The minimum atomic E-state index is -2.09. The van der Waals surface area contributed by atoms with Crippen molar-refractivity contribution in [3.8, 4) is 0 Å². The molecule has 0 fully saturated rings. The highest BCUT2D eigenvalue weighted by atomic mass is 28.4. The molecule has 0 aliphatic heterocycles. The molecule has 0 N–H and O–H groups in total. The van der Waals surface area contributed by atoms with E-state index in [2.05, 4.69) is 41.5 Å². The van der Waals surface area contributed by atoms with Crippen LogP contribution in [0.5, 0.6) is 0 Å². The summed E-state index contributed by atoms with van der Waals surface area (Å²) in [6.07, 6.45) is 4.25. The zero-order chi connectivity index (χ0) is 22.6. The Bertz CT molecular complexity index is 641. The molecule has 1 aliphatic carbocycles. The molecular weight excluding hydrogens is 380 g/mol. The first-order valence-electron chi connectivity index (χ1n) is 11.1. The van der Waals surface area contributed by atoms with E-state index in [0.717, 1.165) is 12.2 Å². The van der Waals surface area contributed by atoms with E-state index in [1.165, 1.54) is 0 Å². The largest absolute Gasteiger partial charge is 0.546 e. The van der Waals surface area contributed by atoms with E-state index in [9.17, 15) is 9.59 Å². The highest BCUT2D eigenvalue weighted by molar-refractivity contribution is 6.77. The summed E-state index contributed by atoms with van der Waals surface area (Å²) in [5.74, 6) is 1.10. The van der Waals surface area contributed by atoms with Gasteiger partial charge in [0.2, 0.25) is 0 Å². The first-order chi connectivity index (χ1) is 13.3. The second-order valence-corrected chi connectivity index (χ2v) is 15.6. The van der Waals surface area contributed by atoms with E-state index >= 15 is 0 Å². The van der Waals surface area contributed by atoms with Crippen LogP contribution >= 0.6 is 0 Å². The molecule has 0 radical (unpaired) electrons. The average molecular weight is 423 g/mol. The lowest BCUT2D eigenvalue weighted by molar-refractivity contribution is -0.148. The maximum absolute atomic E-state index is 12.7. The lowest BCUT2D eigenvalue weighted by Crippen LogP contribution is -2.47. The second kappa shape index (κ2) is 10.1. The number of carbonyl (C=O) groups is 2. The van der Waals surface area contributed by atoms with Gasteiger partial charge in [-0.25, -0.2) is 0 Å². The van der Waals surface area contributed by atoms with Crippen LogP contribution in [-0.2, 0) is 18.8 Å². The molecular formula is C24H42O4Si. The van der Waals surface area contributed by atoms with Gasteiger partial charge in [-0.15, -0.1) is 0 Å². The maximum atomic E-state index is 12.7. The van der Waals surface area contributed by atoms with Crippen LogP contribution in [0.15, 0.2) is 23.2 Å². The van der Waals surface area contributed by atoms with Gasteiger partial charge in [0.05, 0.1) is 16.7 Å². The van der Waals surface area contributed by atoms with Crippen LogP contribution in [0.3, 0.4) is 0 Å². The Morgan fingerprint density at radius 2 is 1.55 bits per heavy atom. The Morgan fingerprint density at radius 3 is 1.97 bits per heavy atom. The fraction of sp³-hybridized carbons (Fsp3) is 0.750. The summed E-state index contributed by atoms with van der Waals surface area (Å²) in [6.45, 7) is 21.0. The van der Waals surface area contributed by atoms with Gasteiger partial charge in [-0.3, -0.25) is 9.59 Å². The molecule has 4 nitrogen and oxygen atoms in total. The number of ether oxygens (including phenoxy) is 1. The Morgan fingerprint density at radius 1 is 1.03 bits per heavy atom. The molecule has 0 saturated carbocycles. The quantitative estimate of drug-likeness (QED) is 0.182. The first-order valence-corrected chi connectivity index (χ1v) is 13.3. The molecule has 0 heterocycles. The van der Waals surface area contributed by atoms with Crippen LogP contribution in [0.4, 0.5) is 0 Å². The maximum Gasteiger partial charge on any atom is 0.316 e. The van der Waals surface area contributed by atoms with E-state index in [1.807, 2.05) is 33.8 Å². The average Bonchev–Trinajstić information content (AvgIpc) is 2.58. The van der Waals surface area contributed by atoms with Gasteiger partial charge >= 0.3 is 5.97 Å². The third-order valence-electron chi connectivity index (χ3n) is 5.82. The molecule has 0 spiro atoms. The zero-order valence-corrected chi connectivity index (χ0v) is 21.3. The number of allylic oxidation sites excluding steroid dienone is 4. The van der Waals surface area contributed by atoms with Crippen molar-refractivity contribution >= 4 is 20.1 Å². The van der Waals surface area contributed by atoms with Crippen molar-refractivity contribution in [3.05, 3.63) is 23.2 Å². The molecule has 166 valence electrons. The second-order valence-electron chi connectivity index (χ2n) is 10.2. The summed E-state index contributed by atoms with van der Waals surface area (Å²) in [5, 5.41) is 0. The van der Waals surface area contributed by atoms with E-state index < -0.39 is 13.7 Å². The van der Waals surface area contributed by atoms with Crippen molar-refractivity contribution in [2.24, 2.45) is 5.41 Å². The fourth-order valence-corrected chi connectivity index (χ4v) is 9.64. The molecule has 0 saturated heterocycles. The molecule has 0 atom stereocenters. The predicted octanol–water partition coefficient (Wildman–Crippen LogP) is 7.07. The molecule has 0 unspecified atom stereocenters. The minimum Gasteiger partial charge on any atom is -0.546 e. The molecule has 29 heavy (non-hydrogen) atoms. The minimum absolute atomic E-state index is 0.0356. The van der Waals surface area contributed by atoms with E-state index in [0.29, 0.717) is 47.2 Å². The summed E-state index contributed by atoms with van der Waals surface area (Å²) >= 11 is 0. The van der Waals surface area contributed by atoms with Gasteiger partial charge in [0.25, 0.3) is 8.32 Å². The Balaban J connectivity index is 3.40. The van der Waals surface area contributed by atoms with Gasteiger partial charge in [0.15, 0.2) is 5.78 Å². The number of Topliss-reactive ketones (excluding diaryl/α,β-unsaturated/α-hetero) is 1. The van der Waals surface area contributed by atoms with Crippen LogP contribution < -0.4 is 0 Å². The lowest BCUT2D eigenvalue weighted by Gasteiger charge is -2.43. The van der Waals surface area contributed by atoms with Gasteiger partial charge in [-0.05, 0) is 49.9 Å². The van der Waals surface area contributed by atoms with Gasteiger partial charge in [0, 0.05) is 19.3 Å². The Kier molecular flexibility index (Phi) is 8.94. The summed E-state index contributed by atoms with van der Waals surface area (Å²) < 4.78 is 12.5. The van der Waals surface area contributed by atoms with Crippen molar-refractivity contribution in [2.75, 3.05) is 0 Å². The van der Waals surface area contributed by atoms with Crippen LogP contribution in [0, 0.1) is 5.41 Å². The Labute approximate surface area is 179 Å². The van der Waals surface area contributed by atoms with E-state index in [1.54, 1.807) is 0 Å². The van der Waals surface area contributed by atoms with E-state index in [4.69, 9.17) is 9.16 Å².